The Bertz CT molecular complexity index is 1320. The van der Waals surface area contributed by atoms with Crippen LogP contribution in [0.3, 0.4) is 0 Å². The summed E-state index contributed by atoms with van der Waals surface area (Å²) in [4.78, 5) is 18.0. The van der Waals surface area contributed by atoms with Crippen molar-refractivity contribution in [3.8, 4) is 5.75 Å². The van der Waals surface area contributed by atoms with Crippen LogP contribution in [0.2, 0.25) is 5.02 Å². The Labute approximate surface area is 279 Å². The smallest absolute Gasteiger partial charge is 0.249 e. The van der Waals surface area contributed by atoms with Crippen LogP contribution in [-0.2, 0) is 21.5 Å². The summed E-state index contributed by atoms with van der Waals surface area (Å²) in [6.07, 6.45) is 9.29. The largest absolute Gasteiger partial charge is 0.491 e. The van der Waals surface area contributed by atoms with Gasteiger partial charge in [0.2, 0.25) is 5.91 Å². The van der Waals surface area contributed by atoms with Gasteiger partial charge in [0.15, 0.2) is 0 Å². The van der Waals surface area contributed by atoms with Gasteiger partial charge in [0.1, 0.15) is 11.4 Å². The Hall–Kier alpha value is -2.23. The zero-order valence-corrected chi connectivity index (χ0v) is 28.5. The minimum atomic E-state index is -0.831. The van der Waals surface area contributed by atoms with Gasteiger partial charge >= 0.3 is 0 Å². The second-order valence-electron chi connectivity index (χ2n) is 13.1. The lowest BCUT2D eigenvalue weighted by atomic mass is 9.77. The predicted octanol–water partition coefficient (Wildman–Crippen LogP) is 6.37. The van der Waals surface area contributed by atoms with E-state index in [0.29, 0.717) is 30.6 Å². The zero-order valence-electron chi connectivity index (χ0n) is 26.9. The van der Waals surface area contributed by atoms with E-state index >= 15 is 0 Å². The normalized spacial score (nSPS) is 24.5. The van der Waals surface area contributed by atoms with Crippen LogP contribution >= 0.6 is 24.2 Å². The van der Waals surface area contributed by atoms with Crippen molar-refractivity contribution in [3.05, 3.63) is 70.3 Å². The molecule has 45 heavy (non-hydrogen) atoms. The Morgan fingerprint density at radius 3 is 2.82 bits per heavy atom. The van der Waals surface area contributed by atoms with Crippen molar-refractivity contribution in [1.82, 2.24) is 4.90 Å². The quantitative estimate of drug-likeness (QED) is 0.193. The van der Waals surface area contributed by atoms with Crippen LogP contribution in [0.25, 0.3) is 0 Å². The summed E-state index contributed by atoms with van der Waals surface area (Å²) in [6.45, 7) is 11.4. The fourth-order valence-corrected chi connectivity index (χ4v) is 7.33. The number of allylic oxidation sites excluding steroid dienone is 1. The number of ether oxygens (including phenoxy) is 3. The third-order valence-corrected chi connectivity index (χ3v) is 10.5. The first-order chi connectivity index (χ1) is 21.8. The molecule has 9 heteroatoms. The average Bonchev–Trinajstić information content (AvgIpc) is 3.28. The maximum Gasteiger partial charge on any atom is 0.249 e. The van der Waals surface area contributed by atoms with E-state index in [-0.39, 0.29) is 5.92 Å². The van der Waals surface area contributed by atoms with Crippen molar-refractivity contribution in [2.24, 2.45) is 23.5 Å². The topological polar surface area (TPSA) is 77.3 Å². The molecule has 1 saturated heterocycles. The molecule has 4 atom stereocenters. The molecule has 0 aromatic heterocycles. The number of anilines is 1. The first-order valence-corrected chi connectivity index (χ1v) is 17.6. The molecule has 3 aliphatic heterocycles. The van der Waals surface area contributed by atoms with E-state index in [2.05, 4.69) is 60.6 Å². The summed E-state index contributed by atoms with van der Waals surface area (Å²) in [5, 5.41) is 0.780. The molecule has 0 bridgehead atoms. The molecule has 5 rings (SSSR count). The minimum absolute atomic E-state index is 0.0996. The van der Waals surface area contributed by atoms with E-state index in [0.717, 1.165) is 106 Å². The number of primary amides is 1. The van der Waals surface area contributed by atoms with E-state index in [9.17, 15) is 4.79 Å². The number of nitrogens with two attached hydrogens (primary N) is 1. The number of thiol groups is 1. The number of nitrogens with zero attached hydrogens (tertiary/aromatic N) is 2. The van der Waals surface area contributed by atoms with Gasteiger partial charge in [0.05, 0.1) is 32.1 Å². The summed E-state index contributed by atoms with van der Waals surface area (Å²) >= 11 is 10.7. The molecule has 1 fully saturated rings. The highest BCUT2D eigenvalue weighted by Gasteiger charge is 2.46. The third kappa shape index (κ3) is 8.38. The van der Waals surface area contributed by atoms with Gasteiger partial charge < -0.3 is 24.8 Å². The predicted molar refractivity (Wildman–Crippen MR) is 186 cm³/mol. The van der Waals surface area contributed by atoms with Crippen LogP contribution < -0.4 is 15.4 Å². The van der Waals surface area contributed by atoms with E-state index in [1.165, 1.54) is 5.56 Å². The second kappa shape index (κ2) is 16.1. The number of hydrogen-bond acceptors (Lipinski definition) is 7. The standard InChI is InChI=1S/C36H50ClN3O4S/c1-26(25-45)6-5-14-36(44-21-18-39-16-19-42-20-17-39)27(2)13-15-40-23-29(9-3-7-28-8-4-10-30(37)22-28)24-43-32-12-11-31(35(38)41)33(36)34(32)40/h4-5,8,10-12,14,22,26-27,29,45H,3,6-7,9,13,15-21,23-25H2,1-2H3,(H2,38,41)/b14-5+/t26-,27+,29?,36+/m0/s1. The van der Waals surface area contributed by atoms with Crippen molar-refractivity contribution in [1.29, 1.82) is 0 Å². The summed E-state index contributed by atoms with van der Waals surface area (Å²) in [5.74, 6) is 2.04. The van der Waals surface area contributed by atoms with E-state index in [1.54, 1.807) is 0 Å². The number of amides is 1. The van der Waals surface area contributed by atoms with Crippen molar-refractivity contribution >= 4 is 35.8 Å². The summed E-state index contributed by atoms with van der Waals surface area (Å²) in [5.41, 5.74) is 8.89. The number of morpholine rings is 1. The second-order valence-corrected chi connectivity index (χ2v) is 13.9. The van der Waals surface area contributed by atoms with Crippen LogP contribution in [0.4, 0.5) is 5.69 Å². The molecule has 7 nitrogen and oxygen atoms in total. The molecule has 1 unspecified atom stereocenters. The van der Waals surface area contributed by atoms with Crippen LogP contribution in [0.5, 0.6) is 5.75 Å². The van der Waals surface area contributed by atoms with E-state index in [1.807, 2.05) is 24.3 Å². The van der Waals surface area contributed by atoms with Crippen molar-refractivity contribution < 1.29 is 19.0 Å². The first-order valence-electron chi connectivity index (χ1n) is 16.6. The summed E-state index contributed by atoms with van der Waals surface area (Å²) in [7, 11) is 0. The lowest BCUT2D eigenvalue weighted by molar-refractivity contribution is -0.0650. The Morgan fingerprint density at radius 1 is 1.24 bits per heavy atom. The molecule has 3 aliphatic rings. The van der Waals surface area contributed by atoms with Gasteiger partial charge in [-0.2, -0.15) is 12.6 Å². The maximum atomic E-state index is 13.1. The third-order valence-electron chi connectivity index (χ3n) is 9.67. The van der Waals surface area contributed by atoms with Gasteiger partial charge in [0.25, 0.3) is 0 Å². The fourth-order valence-electron chi connectivity index (χ4n) is 6.97. The van der Waals surface area contributed by atoms with Crippen molar-refractivity contribution in [3.63, 3.8) is 0 Å². The first kappa shape index (κ1) is 34.1. The van der Waals surface area contributed by atoms with Crippen LogP contribution in [0, 0.1) is 17.8 Å². The molecular formula is C36H50ClN3O4S. The van der Waals surface area contributed by atoms with Gasteiger partial charge in [-0.25, -0.2) is 0 Å². The molecule has 3 heterocycles. The maximum absolute atomic E-state index is 13.1. The monoisotopic (exact) mass is 655 g/mol. The highest BCUT2D eigenvalue weighted by atomic mass is 35.5. The number of carbonyl (C=O) groups is 1. The lowest BCUT2D eigenvalue weighted by Crippen LogP contribution is -2.42. The van der Waals surface area contributed by atoms with Gasteiger partial charge in [0, 0.05) is 54.8 Å². The molecular weight excluding hydrogens is 606 g/mol. The van der Waals surface area contributed by atoms with Crippen molar-refractivity contribution in [2.75, 3.05) is 69.8 Å². The van der Waals surface area contributed by atoms with Crippen LogP contribution in [0.15, 0.2) is 48.6 Å². The van der Waals surface area contributed by atoms with Gasteiger partial charge in [-0.3, -0.25) is 9.69 Å². The molecule has 0 saturated carbocycles. The fraction of sp³-hybridized carbons (Fsp3) is 0.583. The number of hydrogen-bond donors (Lipinski definition) is 2. The van der Waals surface area contributed by atoms with Crippen LogP contribution in [0.1, 0.15) is 61.0 Å². The number of rotatable bonds is 13. The molecule has 0 radical (unpaired) electrons. The molecule has 2 aromatic carbocycles. The molecule has 2 aromatic rings. The minimum Gasteiger partial charge on any atom is -0.491 e. The molecule has 2 N–H and O–H groups in total. The van der Waals surface area contributed by atoms with Crippen molar-refractivity contribution in [2.45, 2.75) is 51.6 Å². The highest BCUT2D eigenvalue weighted by Crippen LogP contribution is 2.51. The van der Waals surface area contributed by atoms with Gasteiger partial charge in [-0.15, -0.1) is 0 Å². The average molecular weight is 656 g/mol. The Kier molecular flexibility index (Phi) is 12.2. The molecule has 0 spiro atoms. The number of benzene rings is 2. The SMILES string of the molecule is C[C@H](CS)C/C=C/[C@]1(OCCN2CCOCC2)c2c(C(N)=O)ccc3c2N(CC[C@H]1C)CC(CCCc1cccc(Cl)c1)CO3. The van der Waals surface area contributed by atoms with Gasteiger partial charge in [-0.05, 0) is 79.5 Å². The van der Waals surface area contributed by atoms with E-state index < -0.39 is 11.5 Å². The number of aryl methyl sites for hydroxylation is 1. The highest BCUT2D eigenvalue weighted by molar-refractivity contribution is 7.80. The Morgan fingerprint density at radius 2 is 2.07 bits per heavy atom. The lowest BCUT2D eigenvalue weighted by Gasteiger charge is -2.39. The number of halogens is 1. The molecule has 0 aliphatic carbocycles. The summed E-state index contributed by atoms with van der Waals surface area (Å²) in [6, 6.07) is 11.9. The molecule has 246 valence electrons. The number of carbonyl (C=O) groups excluding carboxylic acids is 1. The van der Waals surface area contributed by atoms with E-state index in [4.69, 9.17) is 31.5 Å². The Balaban J connectivity index is 1.47. The zero-order chi connectivity index (χ0) is 31.8. The molecule has 1 amide bonds. The summed E-state index contributed by atoms with van der Waals surface area (Å²) < 4.78 is 19.2. The van der Waals surface area contributed by atoms with Gasteiger partial charge in [-0.1, -0.05) is 49.7 Å². The van der Waals surface area contributed by atoms with Crippen LogP contribution in [-0.4, -0.2) is 75.7 Å².